The monoisotopic (exact) mass is 354 g/mol. The fourth-order valence-electron chi connectivity index (χ4n) is 2.29. The van der Waals surface area contributed by atoms with E-state index in [0.29, 0.717) is 6.54 Å². The zero-order chi connectivity index (χ0) is 15.8. The second-order valence-electron chi connectivity index (χ2n) is 5.12. The Morgan fingerprint density at radius 2 is 2.00 bits per heavy atom. The number of amides is 1. The molecule has 0 saturated heterocycles. The van der Waals surface area contributed by atoms with E-state index in [2.05, 4.69) is 23.5 Å². The first-order chi connectivity index (χ1) is 10.7. The zero-order valence-corrected chi connectivity index (χ0v) is 14.7. The minimum atomic E-state index is -0.235. The highest BCUT2D eigenvalue weighted by molar-refractivity contribution is 7.10. The molecule has 0 aliphatic heterocycles. The lowest BCUT2D eigenvalue weighted by Gasteiger charge is -2.19. The number of nitrogens with two attached hydrogens (primary N) is 1. The van der Waals surface area contributed by atoms with Crippen LogP contribution in [-0.4, -0.2) is 25.7 Å². The number of rotatable bonds is 8. The van der Waals surface area contributed by atoms with Crippen LogP contribution in [0.25, 0.3) is 0 Å². The Morgan fingerprint density at radius 1 is 1.26 bits per heavy atom. The van der Waals surface area contributed by atoms with E-state index in [4.69, 9.17) is 10.5 Å². The normalized spacial score (nSPS) is 13.0. The summed E-state index contributed by atoms with van der Waals surface area (Å²) in [5.74, 6) is -0.0355. The molecule has 1 amide bonds. The van der Waals surface area contributed by atoms with Gasteiger partial charge < -0.3 is 15.8 Å². The molecule has 0 radical (unpaired) electrons. The first kappa shape index (κ1) is 19.6. The number of benzene rings is 1. The van der Waals surface area contributed by atoms with Gasteiger partial charge in [-0.2, -0.15) is 0 Å². The van der Waals surface area contributed by atoms with Crippen molar-refractivity contribution in [1.29, 1.82) is 0 Å². The number of carbonyl (C=O) groups excluding carboxylic acids is 1. The van der Waals surface area contributed by atoms with Gasteiger partial charge in [-0.1, -0.05) is 36.4 Å². The van der Waals surface area contributed by atoms with Crippen molar-refractivity contribution in [3.05, 3.63) is 58.3 Å². The molecule has 0 aliphatic rings. The summed E-state index contributed by atoms with van der Waals surface area (Å²) in [4.78, 5) is 13.4. The van der Waals surface area contributed by atoms with Crippen molar-refractivity contribution in [2.45, 2.75) is 25.0 Å². The first-order valence-corrected chi connectivity index (χ1v) is 8.20. The van der Waals surface area contributed by atoms with E-state index in [1.807, 2.05) is 29.6 Å². The van der Waals surface area contributed by atoms with Gasteiger partial charge in [0.05, 0.1) is 18.6 Å². The highest BCUT2D eigenvalue weighted by Gasteiger charge is 2.18. The van der Waals surface area contributed by atoms with E-state index in [9.17, 15) is 4.79 Å². The predicted octanol–water partition coefficient (Wildman–Crippen LogP) is 2.93. The van der Waals surface area contributed by atoms with Crippen molar-refractivity contribution in [2.75, 3.05) is 13.7 Å². The van der Waals surface area contributed by atoms with Gasteiger partial charge in [0.1, 0.15) is 0 Å². The standard InChI is InChI=1S/C17H22N2O2S.ClH/c1-21-14(12-18)11-17(20)19-15(16-8-5-9-22-16)10-13-6-3-2-4-7-13;/h2-9,14-15H,10-12,18H2,1H3,(H,19,20);1H. The Hall–Kier alpha value is -1.40. The summed E-state index contributed by atoms with van der Waals surface area (Å²) in [5.41, 5.74) is 6.78. The van der Waals surface area contributed by atoms with E-state index < -0.39 is 0 Å². The lowest BCUT2D eigenvalue weighted by molar-refractivity contribution is -0.124. The lowest BCUT2D eigenvalue weighted by atomic mass is 10.0. The molecule has 0 fully saturated rings. The minimum Gasteiger partial charge on any atom is -0.380 e. The summed E-state index contributed by atoms with van der Waals surface area (Å²) < 4.78 is 5.18. The Labute approximate surface area is 147 Å². The maximum Gasteiger partial charge on any atom is 0.223 e. The van der Waals surface area contributed by atoms with Crippen molar-refractivity contribution in [3.8, 4) is 0 Å². The van der Waals surface area contributed by atoms with Crippen molar-refractivity contribution in [3.63, 3.8) is 0 Å². The molecule has 6 heteroatoms. The Morgan fingerprint density at radius 3 is 2.57 bits per heavy atom. The van der Waals surface area contributed by atoms with Gasteiger partial charge in [0.25, 0.3) is 0 Å². The third kappa shape index (κ3) is 6.31. The van der Waals surface area contributed by atoms with E-state index in [1.165, 1.54) is 5.56 Å². The maximum absolute atomic E-state index is 12.2. The zero-order valence-electron chi connectivity index (χ0n) is 13.1. The topological polar surface area (TPSA) is 64.3 Å². The summed E-state index contributed by atoms with van der Waals surface area (Å²) in [5, 5.41) is 5.13. The number of halogens is 1. The van der Waals surface area contributed by atoms with Crippen LogP contribution >= 0.6 is 23.7 Å². The molecule has 0 spiro atoms. The van der Waals surface area contributed by atoms with Crippen molar-refractivity contribution < 1.29 is 9.53 Å². The molecule has 23 heavy (non-hydrogen) atoms. The molecule has 2 aromatic rings. The van der Waals surface area contributed by atoms with Crippen LogP contribution in [0.5, 0.6) is 0 Å². The van der Waals surface area contributed by atoms with Gasteiger partial charge in [-0.25, -0.2) is 0 Å². The third-order valence-corrected chi connectivity index (χ3v) is 4.50. The molecule has 1 heterocycles. The van der Waals surface area contributed by atoms with Crippen LogP contribution in [0, 0.1) is 0 Å². The van der Waals surface area contributed by atoms with Crippen LogP contribution in [0.3, 0.4) is 0 Å². The quantitative estimate of drug-likeness (QED) is 0.766. The van der Waals surface area contributed by atoms with E-state index in [0.717, 1.165) is 11.3 Å². The largest absolute Gasteiger partial charge is 0.380 e. The minimum absolute atomic E-state index is 0. The molecule has 0 aliphatic carbocycles. The lowest BCUT2D eigenvalue weighted by Crippen LogP contribution is -2.35. The van der Waals surface area contributed by atoms with Gasteiger partial charge in [0, 0.05) is 18.5 Å². The number of thiophene rings is 1. The average molecular weight is 355 g/mol. The molecule has 4 nitrogen and oxygen atoms in total. The third-order valence-electron chi connectivity index (χ3n) is 3.51. The number of ether oxygens (including phenoxy) is 1. The number of nitrogens with one attached hydrogen (secondary N) is 1. The number of hydrogen-bond acceptors (Lipinski definition) is 4. The molecule has 2 rings (SSSR count). The van der Waals surface area contributed by atoms with Crippen LogP contribution in [-0.2, 0) is 16.0 Å². The summed E-state index contributed by atoms with van der Waals surface area (Å²) in [6.07, 6.45) is 0.817. The highest BCUT2D eigenvalue weighted by atomic mass is 35.5. The number of carbonyl (C=O) groups is 1. The summed E-state index contributed by atoms with van der Waals surface area (Å²) in [6, 6.07) is 14.2. The Kier molecular flexibility index (Phi) is 8.87. The van der Waals surface area contributed by atoms with E-state index >= 15 is 0 Å². The van der Waals surface area contributed by atoms with Gasteiger partial charge in [-0.15, -0.1) is 23.7 Å². The van der Waals surface area contributed by atoms with Crippen LogP contribution in [0.15, 0.2) is 47.8 Å². The maximum atomic E-state index is 12.2. The number of methoxy groups -OCH3 is 1. The summed E-state index contributed by atoms with van der Waals surface area (Å²) in [6.45, 7) is 0.340. The van der Waals surface area contributed by atoms with Gasteiger partial charge in [-0.3, -0.25) is 4.79 Å². The fraction of sp³-hybridized carbons (Fsp3) is 0.353. The van der Waals surface area contributed by atoms with Crippen molar-refractivity contribution in [1.82, 2.24) is 5.32 Å². The molecule has 1 aromatic heterocycles. The fourth-order valence-corrected chi connectivity index (χ4v) is 3.06. The smallest absolute Gasteiger partial charge is 0.223 e. The molecule has 0 bridgehead atoms. The Balaban J connectivity index is 0.00000264. The van der Waals surface area contributed by atoms with Crippen LogP contribution in [0.4, 0.5) is 0 Å². The molecule has 1 aromatic carbocycles. The molecule has 3 N–H and O–H groups in total. The SMILES string of the molecule is COC(CN)CC(=O)NC(Cc1ccccc1)c1cccs1.Cl. The van der Waals surface area contributed by atoms with Gasteiger partial charge in [-0.05, 0) is 23.4 Å². The van der Waals surface area contributed by atoms with E-state index in [-0.39, 0.29) is 36.9 Å². The van der Waals surface area contributed by atoms with Crippen LogP contribution in [0.2, 0.25) is 0 Å². The molecule has 126 valence electrons. The second kappa shape index (κ2) is 10.4. The van der Waals surface area contributed by atoms with E-state index in [1.54, 1.807) is 18.4 Å². The second-order valence-corrected chi connectivity index (χ2v) is 6.10. The molecular formula is C17H23ClN2O2S. The highest BCUT2D eigenvalue weighted by Crippen LogP contribution is 2.23. The molecule has 2 atom stereocenters. The number of hydrogen-bond donors (Lipinski definition) is 2. The average Bonchev–Trinajstić information content (AvgIpc) is 3.07. The summed E-state index contributed by atoms with van der Waals surface area (Å²) >= 11 is 1.65. The van der Waals surface area contributed by atoms with Crippen molar-refractivity contribution in [2.24, 2.45) is 5.73 Å². The van der Waals surface area contributed by atoms with Crippen LogP contribution in [0.1, 0.15) is 22.9 Å². The van der Waals surface area contributed by atoms with Gasteiger partial charge in [0.15, 0.2) is 0 Å². The van der Waals surface area contributed by atoms with Crippen molar-refractivity contribution >= 4 is 29.7 Å². The van der Waals surface area contributed by atoms with Gasteiger partial charge >= 0.3 is 0 Å². The molecule has 0 saturated carbocycles. The van der Waals surface area contributed by atoms with Crippen LogP contribution < -0.4 is 11.1 Å². The molecular weight excluding hydrogens is 332 g/mol. The Bertz CT molecular complexity index is 559. The molecule has 2 unspecified atom stereocenters. The first-order valence-electron chi connectivity index (χ1n) is 7.32. The summed E-state index contributed by atoms with van der Waals surface area (Å²) in [7, 11) is 1.57. The van der Waals surface area contributed by atoms with Gasteiger partial charge in [0.2, 0.25) is 5.91 Å². The predicted molar refractivity (Wildman–Crippen MR) is 97.1 cm³/mol.